The van der Waals surface area contributed by atoms with Gasteiger partial charge in [-0.1, -0.05) is 22.8 Å². The summed E-state index contributed by atoms with van der Waals surface area (Å²) in [4.78, 5) is 5.11. The van der Waals surface area contributed by atoms with Gasteiger partial charge in [0.25, 0.3) is 0 Å². The Labute approximate surface area is 105 Å². The Bertz CT molecular complexity index is 593. The smallest absolute Gasteiger partial charge is 0.176 e. The molecule has 0 saturated carbocycles. The predicted octanol–water partition coefficient (Wildman–Crippen LogP) is 2.18. The van der Waals surface area contributed by atoms with E-state index in [1.54, 1.807) is 12.1 Å². The van der Waals surface area contributed by atoms with Gasteiger partial charge in [0, 0.05) is 18.2 Å². The third-order valence-corrected chi connectivity index (χ3v) is 4.22. The van der Waals surface area contributed by atoms with E-state index >= 15 is 0 Å². The van der Waals surface area contributed by atoms with Gasteiger partial charge in [0.1, 0.15) is 6.61 Å². The molecule has 0 aromatic heterocycles. The lowest BCUT2D eigenvalue weighted by Gasteiger charge is -2.10. The monoisotopic (exact) mass is 273 g/mol. The molecule has 1 heterocycles. The van der Waals surface area contributed by atoms with Gasteiger partial charge in [0.15, 0.2) is 9.84 Å². The summed E-state index contributed by atoms with van der Waals surface area (Å²) in [5, 5.41) is 4.28. The molecule has 0 N–H and O–H groups in total. The van der Waals surface area contributed by atoms with Crippen LogP contribution >= 0.6 is 11.6 Å². The summed E-state index contributed by atoms with van der Waals surface area (Å²) in [7, 11) is -3.33. The van der Waals surface area contributed by atoms with Crippen molar-refractivity contribution in [2.75, 3.05) is 12.9 Å². The van der Waals surface area contributed by atoms with Crippen LogP contribution in [0.15, 0.2) is 22.2 Å². The number of oxime groups is 1. The largest absolute Gasteiger partial charge is 0.395 e. The standard InChI is InChI=1S/C11H12ClNO3S/c1-7-3-4-9(17(2,14)15)10(11(7)12)8-5-6-16-13-8/h3-4H,5-6H2,1-2H3. The van der Waals surface area contributed by atoms with Crippen LogP contribution in [-0.2, 0) is 14.7 Å². The second-order valence-corrected chi connectivity index (χ2v) is 6.33. The number of hydrogen-bond donors (Lipinski definition) is 0. The molecule has 0 radical (unpaired) electrons. The average Bonchev–Trinajstić information content (AvgIpc) is 2.73. The van der Waals surface area contributed by atoms with Crippen molar-refractivity contribution in [3.05, 3.63) is 28.3 Å². The van der Waals surface area contributed by atoms with E-state index in [0.29, 0.717) is 29.3 Å². The summed E-state index contributed by atoms with van der Waals surface area (Å²) in [5.41, 5.74) is 1.90. The Hall–Kier alpha value is -1.07. The summed E-state index contributed by atoms with van der Waals surface area (Å²) in [6.45, 7) is 2.29. The lowest BCUT2D eigenvalue weighted by molar-refractivity contribution is 0.174. The average molecular weight is 274 g/mol. The Balaban J connectivity index is 2.73. The van der Waals surface area contributed by atoms with E-state index in [1.807, 2.05) is 6.92 Å². The molecule has 0 spiro atoms. The van der Waals surface area contributed by atoms with Gasteiger partial charge < -0.3 is 4.84 Å². The maximum atomic E-state index is 11.7. The highest BCUT2D eigenvalue weighted by Crippen LogP contribution is 2.30. The molecule has 0 bridgehead atoms. The molecule has 92 valence electrons. The van der Waals surface area contributed by atoms with Gasteiger partial charge in [-0.15, -0.1) is 0 Å². The molecular formula is C11H12ClNO3S. The first kappa shape index (κ1) is 12.4. The minimum atomic E-state index is -3.33. The van der Waals surface area contributed by atoms with Gasteiger partial charge in [0.2, 0.25) is 0 Å². The van der Waals surface area contributed by atoms with E-state index in [-0.39, 0.29) is 4.90 Å². The van der Waals surface area contributed by atoms with Crippen LogP contribution < -0.4 is 0 Å². The van der Waals surface area contributed by atoms with Crippen LogP contribution in [0.25, 0.3) is 0 Å². The van der Waals surface area contributed by atoms with Gasteiger partial charge in [-0.3, -0.25) is 0 Å². The minimum Gasteiger partial charge on any atom is -0.395 e. The van der Waals surface area contributed by atoms with E-state index in [4.69, 9.17) is 16.4 Å². The van der Waals surface area contributed by atoms with E-state index in [9.17, 15) is 8.42 Å². The first-order valence-electron chi connectivity index (χ1n) is 5.09. The Kier molecular flexibility index (Phi) is 3.14. The highest BCUT2D eigenvalue weighted by atomic mass is 35.5. The zero-order valence-corrected chi connectivity index (χ0v) is 11.1. The lowest BCUT2D eigenvalue weighted by Crippen LogP contribution is -2.09. The van der Waals surface area contributed by atoms with Gasteiger partial charge in [-0.05, 0) is 18.6 Å². The third kappa shape index (κ3) is 2.30. The van der Waals surface area contributed by atoms with Crippen LogP contribution in [0, 0.1) is 6.92 Å². The minimum absolute atomic E-state index is 0.206. The zero-order valence-electron chi connectivity index (χ0n) is 9.53. The molecule has 0 unspecified atom stereocenters. The van der Waals surface area contributed by atoms with Gasteiger partial charge in [-0.2, -0.15) is 0 Å². The topological polar surface area (TPSA) is 55.7 Å². The highest BCUT2D eigenvalue weighted by molar-refractivity contribution is 7.90. The summed E-state index contributed by atoms with van der Waals surface area (Å²) in [6, 6.07) is 3.26. The molecule has 2 rings (SSSR count). The van der Waals surface area contributed by atoms with Crippen molar-refractivity contribution >= 4 is 27.1 Å². The molecule has 1 aliphatic rings. The second kappa shape index (κ2) is 4.31. The Morgan fingerprint density at radius 2 is 2.12 bits per heavy atom. The number of halogens is 1. The number of rotatable bonds is 2. The van der Waals surface area contributed by atoms with Gasteiger partial charge in [-0.25, -0.2) is 8.42 Å². The maximum Gasteiger partial charge on any atom is 0.176 e. The van der Waals surface area contributed by atoms with Crippen LogP contribution in [0.4, 0.5) is 0 Å². The molecule has 1 aromatic rings. The predicted molar refractivity (Wildman–Crippen MR) is 66.4 cm³/mol. The molecule has 4 nitrogen and oxygen atoms in total. The fraction of sp³-hybridized carbons (Fsp3) is 0.364. The summed E-state index contributed by atoms with van der Waals surface area (Å²) in [5.74, 6) is 0. The van der Waals surface area contributed by atoms with Crippen LogP contribution in [0.5, 0.6) is 0 Å². The molecule has 0 saturated heterocycles. The summed E-state index contributed by atoms with van der Waals surface area (Å²) >= 11 is 6.18. The van der Waals surface area contributed by atoms with Crippen LogP contribution in [0.2, 0.25) is 5.02 Å². The second-order valence-electron chi connectivity index (χ2n) is 3.96. The van der Waals surface area contributed by atoms with E-state index in [0.717, 1.165) is 11.8 Å². The van der Waals surface area contributed by atoms with Crippen molar-refractivity contribution in [3.8, 4) is 0 Å². The SMILES string of the molecule is Cc1ccc(S(C)(=O)=O)c(C2=NOCC2)c1Cl. The van der Waals surface area contributed by atoms with Crippen LogP contribution in [0.1, 0.15) is 17.5 Å². The van der Waals surface area contributed by atoms with Crippen LogP contribution in [0.3, 0.4) is 0 Å². The maximum absolute atomic E-state index is 11.7. The molecule has 1 aliphatic heterocycles. The zero-order chi connectivity index (χ0) is 12.6. The molecule has 6 heteroatoms. The number of sulfone groups is 1. The molecule has 0 fully saturated rings. The molecule has 0 atom stereocenters. The van der Waals surface area contributed by atoms with Crippen molar-refractivity contribution in [2.45, 2.75) is 18.2 Å². The number of nitrogens with zero attached hydrogens (tertiary/aromatic N) is 1. The Morgan fingerprint density at radius 1 is 1.41 bits per heavy atom. The fourth-order valence-electron chi connectivity index (χ4n) is 1.72. The van der Waals surface area contributed by atoms with Gasteiger partial charge >= 0.3 is 0 Å². The van der Waals surface area contributed by atoms with E-state index in [1.165, 1.54) is 0 Å². The Morgan fingerprint density at radius 3 is 2.65 bits per heavy atom. The van der Waals surface area contributed by atoms with Crippen molar-refractivity contribution in [3.63, 3.8) is 0 Å². The normalized spacial score (nSPS) is 15.6. The third-order valence-electron chi connectivity index (χ3n) is 2.59. The number of benzene rings is 1. The first-order chi connectivity index (χ1) is 7.91. The summed E-state index contributed by atoms with van der Waals surface area (Å²) in [6.07, 6.45) is 1.74. The van der Waals surface area contributed by atoms with Crippen molar-refractivity contribution in [1.29, 1.82) is 0 Å². The number of hydrogen-bond acceptors (Lipinski definition) is 4. The van der Waals surface area contributed by atoms with Crippen LogP contribution in [-0.4, -0.2) is 27.0 Å². The van der Waals surface area contributed by atoms with Gasteiger partial charge in [0.05, 0.1) is 15.6 Å². The highest BCUT2D eigenvalue weighted by Gasteiger charge is 2.23. The van der Waals surface area contributed by atoms with Crippen molar-refractivity contribution in [1.82, 2.24) is 0 Å². The lowest BCUT2D eigenvalue weighted by atomic mass is 10.1. The van der Waals surface area contributed by atoms with Crippen molar-refractivity contribution in [2.24, 2.45) is 5.16 Å². The molecule has 0 amide bonds. The van der Waals surface area contributed by atoms with E-state index in [2.05, 4.69) is 5.16 Å². The number of aryl methyl sites for hydroxylation is 1. The molecule has 1 aromatic carbocycles. The molecule has 0 aliphatic carbocycles. The van der Waals surface area contributed by atoms with Crippen molar-refractivity contribution < 1.29 is 13.3 Å². The molecule has 17 heavy (non-hydrogen) atoms. The van der Waals surface area contributed by atoms with E-state index < -0.39 is 9.84 Å². The first-order valence-corrected chi connectivity index (χ1v) is 7.36. The quantitative estimate of drug-likeness (QED) is 0.830. The molecular weight excluding hydrogens is 262 g/mol. The fourth-order valence-corrected chi connectivity index (χ4v) is 2.96. The summed E-state index contributed by atoms with van der Waals surface area (Å²) < 4.78 is 23.4.